The maximum atomic E-state index is 14.2. The summed E-state index contributed by atoms with van der Waals surface area (Å²) in [5.41, 5.74) is 1.47. The van der Waals surface area contributed by atoms with Crippen LogP contribution in [-0.2, 0) is 5.54 Å². The van der Waals surface area contributed by atoms with E-state index in [0.29, 0.717) is 6.54 Å². The van der Waals surface area contributed by atoms with Crippen LogP contribution in [0.5, 0.6) is 0 Å². The standard InChI is InChI=1S/C17H23BrFN/c18-15-9-12-20(13-16(15)19)17(10-5-2-6-11-17)14-7-3-1-4-8-14/h1,3-4,7-8,15-16H,2,5-6,9-13H2. The summed E-state index contributed by atoms with van der Waals surface area (Å²) in [6.07, 6.45) is 6.37. The Kier molecular flexibility index (Phi) is 4.46. The summed E-state index contributed by atoms with van der Waals surface area (Å²) in [6.45, 7) is 1.58. The van der Waals surface area contributed by atoms with Crippen molar-refractivity contribution in [2.24, 2.45) is 0 Å². The third-order valence-corrected chi connectivity index (χ3v) is 6.09. The SMILES string of the molecule is FC1CN(C2(c3ccccc3)CCCCC2)CCC1Br. The van der Waals surface area contributed by atoms with Gasteiger partial charge in [-0.1, -0.05) is 65.5 Å². The highest BCUT2D eigenvalue weighted by molar-refractivity contribution is 9.09. The van der Waals surface area contributed by atoms with E-state index in [1.54, 1.807) is 0 Å². The average Bonchev–Trinajstić information content (AvgIpc) is 2.51. The Balaban J connectivity index is 1.90. The monoisotopic (exact) mass is 339 g/mol. The van der Waals surface area contributed by atoms with E-state index in [-0.39, 0.29) is 10.4 Å². The van der Waals surface area contributed by atoms with E-state index in [1.165, 1.54) is 37.7 Å². The van der Waals surface area contributed by atoms with Crippen molar-refractivity contribution in [3.8, 4) is 0 Å². The van der Waals surface area contributed by atoms with E-state index in [1.807, 2.05) is 0 Å². The highest BCUT2D eigenvalue weighted by Gasteiger charge is 2.42. The fourth-order valence-electron chi connectivity index (χ4n) is 3.94. The summed E-state index contributed by atoms with van der Waals surface area (Å²) in [5, 5.41) is 0. The molecule has 2 unspecified atom stereocenters. The molecule has 110 valence electrons. The van der Waals surface area contributed by atoms with Crippen LogP contribution in [0.1, 0.15) is 44.1 Å². The number of nitrogens with zero attached hydrogens (tertiary/aromatic N) is 1. The maximum Gasteiger partial charge on any atom is 0.125 e. The molecule has 2 aliphatic rings. The van der Waals surface area contributed by atoms with Gasteiger partial charge in [0.15, 0.2) is 0 Å². The van der Waals surface area contributed by atoms with E-state index in [0.717, 1.165) is 13.0 Å². The molecule has 0 spiro atoms. The van der Waals surface area contributed by atoms with Crippen LogP contribution in [-0.4, -0.2) is 29.0 Å². The molecule has 0 bridgehead atoms. The fourth-order valence-corrected chi connectivity index (χ4v) is 4.31. The van der Waals surface area contributed by atoms with Crippen LogP contribution in [0, 0.1) is 0 Å². The molecule has 1 aliphatic heterocycles. The van der Waals surface area contributed by atoms with Gasteiger partial charge in [0.1, 0.15) is 6.17 Å². The number of rotatable bonds is 2. The van der Waals surface area contributed by atoms with Crippen LogP contribution in [0.3, 0.4) is 0 Å². The molecule has 1 aromatic rings. The summed E-state index contributed by atoms with van der Waals surface area (Å²) in [6, 6.07) is 10.8. The summed E-state index contributed by atoms with van der Waals surface area (Å²) in [4.78, 5) is 2.47. The molecule has 1 aromatic carbocycles. The number of likely N-dealkylation sites (tertiary alicyclic amines) is 1. The van der Waals surface area contributed by atoms with E-state index >= 15 is 0 Å². The Morgan fingerprint density at radius 2 is 1.80 bits per heavy atom. The normalized spacial score (nSPS) is 31.1. The maximum absolute atomic E-state index is 14.2. The third kappa shape index (κ3) is 2.67. The lowest BCUT2D eigenvalue weighted by Gasteiger charge is -2.50. The molecular weight excluding hydrogens is 317 g/mol. The van der Waals surface area contributed by atoms with Gasteiger partial charge in [-0.15, -0.1) is 0 Å². The van der Waals surface area contributed by atoms with Crippen molar-refractivity contribution < 1.29 is 4.39 Å². The largest absolute Gasteiger partial charge is 0.291 e. The Hall–Kier alpha value is -0.410. The molecule has 1 saturated heterocycles. The average molecular weight is 340 g/mol. The second-order valence-corrected chi connectivity index (χ2v) is 7.40. The topological polar surface area (TPSA) is 3.24 Å². The smallest absolute Gasteiger partial charge is 0.125 e. The zero-order valence-electron chi connectivity index (χ0n) is 11.9. The minimum absolute atomic E-state index is 0.0372. The van der Waals surface area contributed by atoms with Crippen LogP contribution < -0.4 is 0 Å². The molecular formula is C17H23BrFN. The summed E-state index contributed by atoms with van der Waals surface area (Å²) in [5.74, 6) is 0. The van der Waals surface area contributed by atoms with E-state index < -0.39 is 6.17 Å². The van der Waals surface area contributed by atoms with Crippen molar-refractivity contribution in [1.82, 2.24) is 4.90 Å². The van der Waals surface area contributed by atoms with E-state index in [9.17, 15) is 4.39 Å². The van der Waals surface area contributed by atoms with Gasteiger partial charge in [0.25, 0.3) is 0 Å². The van der Waals surface area contributed by atoms with Crippen LogP contribution in [0.2, 0.25) is 0 Å². The number of hydrogen-bond acceptors (Lipinski definition) is 1. The Bertz CT molecular complexity index is 430. The van der Waals surface area contributed by atoms with E-state index in [4.69, 9.17) is 0 Å². The van der Waals surface area contributed by atoms with Gasteiger partial charge in [-0.3, -0.25) is 4.90 Å². The van der Waals surface area contributed by atoms with Gasteiger partial charge >= 0.3 is 0 Å². The van der Waals surface area contributed by atoms with Crippen molar-refractivity contribution in [1.29, 1.82) is 0 Å². The highest BCUT2D eigenvalue weighted by Crippen LogP contribution is 2.44. The molecule has 3 heteroatoms. The molecule has 1 nitrogen and oxygen atoms in total. The lowest BCUT2D eigenvalue weighted by molar-refractivity contribution is 0.00554. The molecule has 1 heterocycles. The van der Waals surface area contributed by atoms with Gasteiger partial charge in [0.2, 0.25) is 0 Å². The van der Waals surface area contributed by atoms with E-state index in [2.05, 4.69) is 51.2 Å². The zero-order valence-corrected chi connectivity index (χ0v) is 13.5. The lowest BCUT2D eigenvalue weighted by Crippen LogP contribution is -2.54. The number of piperidine rings is 1. The first-order chi connectivity index (χ1) is 9.72. The first-order valence-corrected chi connectivity index (χ1v) is 8.73. The van der Waals surface area contributed by atoms with Crippen molar-refractivity contribution in [3.05, 3.63) is 35.9 Å². The molecule has 0 aromatic heterocycles. The number of halogens is 2. The van der Waals surface area contributed by atoms with Crippen LogP contribution in [0.25, 0.3) is 0 Å². The van der Waals surface area contributed by atoms with Crippen molar-refractivity contribution >= 4 is 15.9 Å². The van der Waals surface area contributed by atoms with Gasteiger partial charge < -0.3 is 0 Å². The molecule has 1 saturated carbocycles. The van der Waals surface area contributed by atoms with Gasteiger partial charge in [0.05, 0.1) is 0 Å². The van der Waals surface area contributed by atoms with Crippen LogP contribution >= 0.6 is 15.9 Å². The van der Waals surface area contributed by atoms with Crippen molar-refractivity contribution in [2.45, 2.75) is 55.1 Å². The highest BCUT2D eigenvalue weighted by atomic mass is 79.9. The second kappa shape index (κ2) is 6.15. The Labute approximate surface area is 129 Å². The molecule has 2 fully saturated rings. The minimum atomic E-state index is -0.744. The first-order valence-electron chi connectivity index (χ1n) is 7.81. The second-order valence-electron chi connectivity index (χ2n) is 6.22. The van der Waals surface area contributed by atoms with Crippen molar-refractivity contribution in [3.63, 3.8) is 0 Å². The van der Waals surface area contributed by atoms with Gasteiger partial charge in [-0.2, -0.15) is 0 Å². The lowest BCUT2D eigenvalue weighted by atomic mass is 9.74. The van der Waals surface area contributed by atoms with Gasteiger partial charge in [0, 0.05) is 23.5 Å². The number of benzene rings is 1. The Morgan fingerprint density at radius 1 is 1.10 bits per heavy atom. The zero-order chi connectivity index (χ0) is 14.0. The van der Waals surface area contributed by atoms with Crippen molar-refractivity contribution in [2.75, 3.05) is 13.1 Å². The molecule has 2 atom stereocenters. The predicted octanol–water partition coefficient (Wildman–Crippen LogP) is 4.65. The molecule has 0 N–H and O–H groups in total. The molecule has 1 aliphatic carbocycles. The minimum Gasteiger partial charge on any atom is -0.291 e. The number of alkyl halides is 2. The fraction of sp³-hybridized carbons (Fsp3) is 0.647. The molecule has 0 amide bonds. The molecule has 20 heavy (non-hydrogen) atoms. The van der Waals surface area contributed by atoms with Crippen LogP contribution in [0.15, 0.2) is 30.3 Å². The van der Waals surface area contributed by atoms with Gasteiger partial charge in [-0.25, -0.2) is 4.39 Å². The van der Waals surface area contributed by atoms with Gasteiger partial charge in [-0.05, 0) is 24.8 Å². The van der Waals surface area contributed by atoms with Crippen LogP contribution in [0.4, 0.5) is 4.39 Å². The molecule has 0 radical (unpaired) electrons. The third-order valence-electron chi connectivity index (χ3n) is 5.06. The first kappa shape index (κ1) is 14.5. The summed E-state index contributed by atoms with van der Waals surface area (Å²) in [7, 11) is 0. The summed E-state index contributed by atoms with van der Waals surface area (Å²) >= 11 is 3.48. The Morgan fingerprint density at radius 3 is 2.45 bits per heavy atom. The quantitative estimate of drug-likeness (QED) is 0.708. The summed E-state index contributed by atoms with van der Waals surface area (Å²) < 4.78 is 14.2. The predicted molar refractivity (Wildman–Crippen MR) is 85.0 cm³/mol. The molecule has 3 rings (SSSR count). The number of hydrogen-bond donors (Lipinski definition) is 0.